The Labute approximate surface area is 113 Å². The topological polar surface area (TPSA) is 72.9 Å². The maximum Gasteiger partial charge on any atom is 0.278 e. The molecule has 0 saturated carbocycles. The molecule has 0 saturated heterocycles. The van der Waals surface area contributed by atoms with E-state index in [2.05, 4.69) is 26.3 Å². The lowest BCUT2D eigenvalue weighted by Gasteiger charge is -2.07. The van der Waals surface area contributed by atoms with E-state index in [0.717, 1.165) is 15.7 Å². The number of nitrogens with one attached hydrogen (secondary N) is 1. The molecule has 0 atom stereocenters. The molecule has 0 aliphatic rings. The summed E-state index contributed by atoms with van der Waals surface area (Å²) in [6, 6.07) is 5.67. The van der Waals surface area contributed by atoms with Gasteiger partial charge in [0.1, 0.15) is 0 Å². The minimum Gasteiger partial charge on any atom is -0.396 e. The number of nitrogen functional groups attached to an aromatic ring is 1. The maximum atomic E-state index is 12.0. The van der Waals surface area contributed by atoms with Crippen LogP contribution in [0.4, 0.5) is 11.4 Å². The third-order valence-corrected chi connectivity index (χ3v) is 3.01. The van der Waals surface area contributed by atoms with Gasteiger partial charge in [-0.15, -0.1) is 0 Å². The van der Waals surface area contributed by atoms with Gasteiger partial charge in [0.05, 0.1) is 5.69 Å². The summed E-state index contributed by atoms with van der Waals surface area (Å²) in [5.41, 5.74) is 8.02. The number of carbonyl (C=O) groups excluding carboxylic acids is 1. The van der Waals surface area contributed by atoms with E-state index in [1.807, 2.05) is 25.1 Å². The molecule has 2 aromatic rings. The van der Waals surface area contributed by atoms with Gasteiger partial charge in [-0.1, -0.05) is 22.0 Å². The lowest BCUT2D eigenvalue weighted by atomic mass is 10.2. The monoisotopic (exact) mass is 308 g/mol. The van der Waals surface area contributed by atoms with Crippen molar-refractivity contribution in [1.29, 1.82) is 0 Å². The number of aryl methyl sites for hydroxylation is 2. The van der Waals surface area contributed by atoms with E-state index in [-0.39, 0.29) is 11.6 Å². The summed E-state index contributed by atoms with van der Waals surface area (Å²) in [7, 11) is 1.72. The van der Waals surface area contributed by atoms with Crippen molar-refractivity contribution in [3.8, 4) is 0 Å². The van der Waals surface area contributed by atoms with E-state index in [9.17, 15) is 4.79 Å². The van der Waals surface area contributed by atoms with Crippen molar-refractivity contribution >= 4 is 33.2 Å². The number of anilines is 2. The lowest BCUT2D eigenvalue weighted by molar-refractivity contribution is 0.102. The van der Waals surface area contributed by atoms with Gasteiger partial charge in [0.2, 0.25) is 0 Å². The molecule has 0 spiro atoms. The fourth-order valence-electron chi connectivity index (χ4n) is 1.59. The molecule has 5 nitrogen and oxygen atoms in total. The van der Waals surface area contributed by atoms with Gasteiger partial charge in [-0.3, -0.25) is 9.48 Å². The Morgan fingerprint density at radius 2 is 2.22 bits per heavy atom. The van der Waals surface area contributed by atoms with Crippen LogP contribution in [0.15, 0.2) is 28.9 Å². The van der Waals surface area contributed by atoms with Gasteiger partial charge in [-0.2, -0.15) is 5.10 Å². The molecule has 0 unspecified atom stereocenters. The number of carbonyl (C=O) groups is 1. The van der Waals surface area contributed by atoms with Crippen molar-refractivity contribution in [3.05, 3.63) is 40.1 Å². The largest absolute Gasteiger partial charge is 0.396 e. The molecule has 18 heavy (non-hydrogen) atoms. The summed E-state index contributed by atoms with van der Waals surface area (Å²) >= 11 is 3.37. The minimum atomic E-state index is -0.311. The molecule has 3 N–H and O–H groups in total. The summed E-state index contributed by atoms with van der Waals surface area (Å²) in [5, 5.41) is 6.82. The van der Waals surface area contributed by atoms with Crippen LogP contribution in [0.25, 0.3) is 0 Å². The van der Waals surface area contributed by atoms with Crippen LogP contribution < -0.4 is 11.1 Å². The number of hydrogen-bond donors (Lipinski definition) is 2. The molecule has 0 radical (unpaired) electrons. The Kier molecular flexibility index (Phi) is 3.38. The van der Waals surface area contributed by atoms with Crippen LogP contribution in [0.3, 0.4) is 0 Å². The van der Waals surface area contributed by atoms with Crippen molar-refractivity contribution in [2.45, 2.75) is 6.92 Å². The van der Waals surface area contributed by atoms with Crippen LogP contribution in [0.5, 0.6) is 0 Å². The molecule has 0 bridgehead atoms. The number of benzene rings is 1. The van der Waals surface area contributed by atoms with Gasteiger partial charge in [0.15, 0.2) is 5.69 Å². The highest BCUT2D eigenvalue weighted by Crippen LogP contribution is 2.21. The van der Waals surface area contributed by atoms with Crippen LogP contribution in [0.2, 0.25) is 0 Å². The van der Waals surface area contributed by atoms with Gasteiger partial charge in [0, 0.05) is 23.4 Å². The van der Waals surface area contributed by atoms with Crippen molar-refractivity contribution in [2.24, 2.45) is 7.05 Å². The number of nitrogens with zero attached hydrogens (tertiary/aromatic N) is 2. The Morgan fingerprint density at radius 3 is 2.83 bits per heavy atom. The molecule has 2 rings (SSSR count). The number of rotatable bonds is 2. The van der Waals surface area contributed by atoms with Crippen LogP contribution in [0, 0.1) is 6.92 Å². The summed E-state index contributed by atoms with van der Waals surface area (Å²) in [4.78, 5) is 12.0. The number of hydrogen-bond acceptors (Lipinski definition) is 3. The Morgan fingerprint density at radius 1 is 1.50 bits per heavy atom. The first-order chi connectivity index (χ1) is 8.47. The smallest absolute Gasteiger partial charge is 0.278 e. The highest BCUT2D eigenvalue weighted by molar-refractivity contribution is 9.10. The van der Waals surface area contributed by atoms with E-state index in [1.165, 1.54) is 4.68 Å². The number of halogens is 1. The summed E-state index contributed by atoms with van der Waals surface area (Å²) < 4.78 is 2.41. The molecule has 0 fully saturated rings. The predicted octanol–water partition coefficient (Wildman–Crippen LogP) is 2.33. The van der Waals surface area contributed by atoms with Gasteiger partial charge < -0.3 is 11.1 Å². The van der Waals surface area contributed by atoms with Gasteiger partial charge in [-0.05, 0) is 24.6 Å². The Balaban J connectivity index is 2.26. The van der Waals surface area contributed by atoms with Crippen LogP contribution in [0.1, 0.15) is 16.1 Å². The highest BCUT2D eigenvalue weighted by atomic mass is 79.9. The quantitative estimate of drug-likeness (QED) is 0.894. The second-order valence-electron chi connectivity index (χ2n) is 4.02. The molecule has 0 aliphatic carbocycles. The summed E-state index contributed by atoms with van der Waals surface area (Å²) in [6.45, 7) is 1.92. The number of nitrogens with two attached hydrogens (primary N) is 1. The van der Waals surface area contributed by atoms with Crippen molar-refractivity contribution in [1.82, 2.24) is 9.78 Å². The Hall–Kier alpha value is -1.82. The van der Waals surface area contributed by atoms with E-state index >= 15 is 0 Å². The highest BCUT2D eigenvalue weighted by Gasteiger charge is 2.15. The van der Waals surface area contributed by atoms with Crippen molar-refractivity contribution in [2.75, 3.05) is 11.1 Å². The van der Waals surface area contributed by atoms with Crippen LogP contribution >= 0.6 is 15.9 Å². The van der Waals surface area contributed by atoms with Crippen LogP contribution in [-0.4, -0.2) is 15.7 Å². The van der Waals surface area contributed by atoms with E-state index in [0.29, 0.717) is 5.69 Å². The first-order valence-corrected chi connectivity index (χ1v) is 6.13. The van der Waals surface area contributed by atoms with Gasteiger partial charge in [0.25, 0.3) is 5.91 Å². The molecular formula is C12H13BrN4O. The number of amides is 1. The third-order valence-electron chi connectivity index (χ3n) is 2.52. The molecule has 94 valence electrons. The summed E-state index contributed by atoms with van der Waals surface area (Å²) in [6.07, 6.45) is 1.60. The van der Waals surface area contributed by atoms with Crippen LogP contribution in [-0.2, 0) is 7.05 Å². The fraction of sp³-hybridized carbons (Fsp3) is 0.167. The van der Waals surface area contributed by atoms with E-state index < -0.39 is 0 Å². The molecule has 1 amide bonds. The second kappa shape index (κ2) is 4.81. The zero-order chi connectivity index (χ0) is 13.3. The van der Waals surface area contributed by atoms with Gasteiger partial charge in [-0.25, -0.2) is 0 Å². The van der Waals surface area contributed by atoms with Crippen molar-refractivity contribution in [3.63, 3.8) is 0 Å². The molecule has 6 heteroatoms. The number of aromatic nitrogens is 2. The first kappa shape index (κ1) is 12.6. The van der Waals surface area contributed by atoms with E-state index in [1.54, 1.807) is 13.2 Å². The molecular weight excluding hydrogens is 296 g/mol. The zero-order valence-electron chi connectivity index (χ0n) is 10.1. The maximum absolute atomic E-state index is 12.0. The summed E-state index contributed by atoms with van der Waals surface area (Å²) in [5.74, 6) is -0.311. The SMILES string of the molecule is Cc1ccc(Br)cc1NC(=O)c1nn(C)cc1N. The molecule has 1 heterocycles. The minimum absolute atomic E-state index is 0.233. The molecule has 1 aromatic heterocycles. The fourth-order valence-corrected chi connectivity index (χ4v) is 1.95. The Bertz CT molecular complexity index is 606. The van der Waals surface area contributed by atoms with E-state index in [4.69, 9.17) is 5.73 Å². The predicted molar refractivity (Wildman–Crippen MR) is 74.5 cm³/mol. The zero-order valence-corrected chi connectivity index (χ0v) is 11.7. The van der Waals surface area contributed by atoms with Gasteiger partial charge >= 0.3 is 0 Å². The lowest BCUT2D eigenvalue weighted by Crippen LogP contribution is -2.15. The average Bonchev–Trinajstić information content (AvgIpc) is 2.63. The normalized spacial score (nSPS) is 10.4. The standard InChI is InChI=1S/C12H13BrN4O/c1-7-3-4-8(13)5-10(7)15-12(18)11-9(14)6-17(2)16-11/h3-6H,14H2,1-2H3,(H,15,18). The third kappa shape index (κ3) is 2.53. The van der Waals surface area contributed by atoms with Crippen molar-refractivity contribution < 1.29 is 4.79 Å². The second-order valence-corrected chi connectivity index (χ2v) is 4.94. The first-order valence-electron chi connectivity index (χ1n) is 5.34. The molecule has 1 aromatic carbocycles. The molecule has 0 aliphatic heterocycles. The average molecular weight is 309 g/mol.